The zero-order valence-corrected chi connectivity index (χ0v) is 21.6. The van der Waals surface area contributed by atoms with Gasteiger partial charge in [0.1, 0.15) is 0 Å². The molecule has 2 aromatic rings. The Morgan fingerprint density at radius 2 is 1.97 bits per heavy atom. The average molecular weight is 484 g/mol. The van der Waals surface area contributed by atoms with E-state index < -0.39 is 0 Å². The van der Waals surface area contributed by atoms with Crippen LogP contribution in [0.5, 0.6) is 0 Å². The van der Waals surface area contributed by atoms with E-state index in [0.29, 0.717) is 32.1 Å². The minimum absolute atomic E-state index is 0.0659. The van der Waals surface area contributed by atoms with Crippen LogP contribution in [0.15, 0.2) is 30.5 Å². The van der Waals surface area contributed by atoms with Gasteiger partial charge < -0.3 is 30.2 Å². The summed E-state index contributed by atoms with van der Waals surface area (Å²) in [5.74, 6) is 0.0540. The largest absolute Gasteiger partial charge is 0.385 e. The molecule has 2 heterocycles. The average Bonchev–Trinajstić information content (AvgIpc) is 3.59. The normalized spacial score (nSPS) is 20.6. The Morgan fingerprint density at radius 3 is 2.69 bits per heavy atom. The Kier molecular flexibility index (Phi) is 8.02. The van der Waals surface area contributed by atoms with E-state index in [0.717, 1.165) is 32.4 Å². The highest BCUT2D eigenvalue weighted by Crippen LogP contribution is 2.33. The van der Waals surface area contributed by atoms with E-state index >= 15 is 0 Å². The van der Waals surface area contributed by atoms with Crippen LogP contribution in [0.3, 0.4) is 0 Å². The molecular weight excluding hydrogens is 442 g/mol. The topological polar surface area (TPSA) is 87.6 Å². The van der Waals surface area contributed by atoms with Crippen LogP contribution in [0.1, 0.15) is 52.0 Å². The molecule has 2 aliphatic rings. The monoisotopic (exact) mass is 483 g/mol. The third-order valence-corrected chi connectivity index (χ3v) is 6.75. The van der Waals surface area contributed by atoms with E-state index in [1.807, 2.05) is 20.8 Å². The molecule has 1 aliphatic carbocycles. The standard InChI is InChI=1S/C27H41N5O3/c1-27(2,3)30-26(34)29-21-14-19(15-28-16-21)25(33)32(22-10-11-22)18-20-17-31(12-7-13-35-4)24-9-6-5-8-23(20)24/h5-6,8-9,17,19,21-22,28H,7,10-16,18H2,1-4H3,(H2,29,30,34)/t19-,21+/m1/s1. The second-order valence-electron chi connectivity index (χ2n) is 11.0. The van der Waals surface area contributed by atoms with Crippen molar-refractivity contribution in [2.24, 2.45) is 5.92 Å². The summed E-state index contributed by atoms with van der Waals surface area (Å²) in [6.45, 7) is 9.45. The maximum absolute atomic E-state index is 13.7. The quantitative estimate of drug-likeness (QED) is 0.478. The Hall–Kier alpha value is -2.58. The number of hydrogen-bond acceptors (Lipinski definition) is 4. The molecule has 2 fully saturated rings. The van der Waals surface area contributed by atoms with Crippen LogP contribution in [-0.2, 0) is 22.6 Å². The van der Waals surface area contributed by atoms with Gasteiger partial charge in [-0.15, -0.1) is 0 Å². The predicted molar refractivity (Wildman–Crippen MR) is 138 cm³/mol. The molecule has 0 bridgehead atoms. The van der Waals surface area contributed by atoms with Gasteiger partial charge in [0.15, 0.2) is 0 Å². The summed E-state index contributed by atoms with van der Waals surface area (Å²) in [7, 11) is 1.73. The van der Waals surface area contributed by atoms with Crippen molar-refractivity contribution in [2.45, 2.75) is 77.2 Å². The molecule has 1 aromatic carbocycles. The zero-order valence-electron chi connectivity index (χ0n) is 21.6. The van der Waals surface area contributed by atoms with Crippen LogP contribution < -0.4 is 16.0 Å². The number of nitrogens with zero attached hydrogens (tertiary/aromatic N) is 2. The first-order valence-corrected chi connectivity index (χ1v) is 12.9. The van der Waals surface area contributed by atoms with Gasteiger partial charge in [0.05, 0.1) is 5.92 Å². The minimum atomic E-state index is -0.299. The number of benzene rings is 1. The number of methoxy groups -OCH3 is 1. The molecule has 0 unspecified atom stereocenters. The molecule has 0 spiro atoms. The molecule has 2 atom stereocenters. The number of rotatable bonds is 9. The van der Waals surface area contributed by atoms with Gasteiger partial charge in [-0.1, -0.05) is 18.2 Å². The summed E-state index contributed by atoms with van der Waals surface area (Å²) in [6.07, 6.45) is 5.95. The molecule has 8 nitrogen and oxygen atoms in total. The fraction of sp³-hybridized carbons (Fsp3) is 0.630. The van der Waals surface area contributed by atoms with E-state index in [1.165, 1.54) is 16.5 Å². The van der Waals surface area contributed by atoms with Crippen molar-refractivity contribution in [1.29, 1.82) is 0 Å². The van der Waals surface area contributed by atoms with Gasteiger partial charge in [-0.3, -0.25) is 4.79 Å². The molecule has 8 heteroatoms. The second kappa shape index (κ2) is 11.0. The maximum atomic E-state index is 13.7. The highest BCUT2D eigenvalue weighted by molar-refractivity contribution is 5.85. The van der Waals surface area contributed by atoms with Crippen LogP contribution in [0.4, 0.5) is 4.79 Å². The third-order valence-electron chi connectivity index (χ3n) is 6.75. The molecule has 1 saturated heterocycles. The summed E-state index contributed by atoms with van der Waals surface area (Å²) in [5, 5.41) is 10.6. The number of fused-ring (bicyclic) bond motifs is 1. The lowest BCUT2D eigenvalue weighted by Gasteiger charge is -2.34. The molecule has 1 saturated carbocycles. The first kappa shape index (κ1) is 25.5. The van der Waals surface area contributed by atoms with Gasteiger partial charge in [0, 0.05) is 74.6 Å². The minimum Gasteiger partial charge on any atom is -0.385 e. The Labute approximate surface area is 208 Å². The summed E-state index contributed by atoms with van der Waals surface area (Å²) >= 11 is 0. The van der Waals surface area contributed by atoms with Crippen molar-refractivity contribution >= 4 is 22.8 Å². The molecule has 4 rings (SSSR count). The van der Waals surface area contributed by atoms with Crippen LogP contribution in [-0.4, -0.2) is 65.8 Å². The third kappa shape index (κ3) is 6.76. The number of amides is 3. The van der Waals surface area contributed by atoms with Crippen molar-refractivity contribution in [3.63, 3.8) is 0 Å². The SMILES string of the molecule is COCCCn1cc(CN(C(=O)[C@H]2CNC[C@@H](NC(=O)NC(C)(C)C)C2)C2CC2)c2ccccc21. The van der Waals surface area contributed by atoms with Gasteiger partial charge in [0.25, 0.3) is 0 Å². The molecule has 0 radical (unpaired) electrons. The number of para-hydroxylation sites is 1. The number of hydrogen-bond donors (Lipinski definition) is 3. The van der Waals surface area contributed by atoms with Crippen LogP contribution in [0, 0.1) is 5.92 Å². The highest BCUT2D eigenvalue weighted by Gasteiger charge is 2.38. The number of aryl methyl sites for hydroxylation is 1. The van der Waals surface area contributed by atoms with Crippen molar-refractivity contribution in [1.82, 2.24) is 25.4 Å². The van der Waals surface area contributed by atoms with Crippen molar-refractivity contribution in [3.8, 4) is 0 Å². The Bertz CT molecular complexity index is 1020. The number of urea groups is 1. The number of carbonyl (C=O) groups is 2. The Balaban J connectivity index is 1.45. The smallest absolute Gasteiger partial charge is 0.315 e. The van der Waals surface area contributed by atoms with Crippen molar-refractivity contribution in [2.75, 3.05) is 26.8 Å². The fourth-order valence-corrected chi connectivity index (χ4v) is 5.01. The summed E-state index contributed by atoms with van der Waals surface area (Å²) in [6, 6.07) is 8.51. The van der Waals surface area contributed by atoms with E-state index in [2.05, 4.69) is 55.9 Å². The molecular formula is C27H41N5O3. The molecule has 1 aliphatic heterocycles. The van der Waals surface area contributed by atoms with Crippen molar-refractivity contribution in [3.05, 3.63) is 36.0 Å². The van der Waals surface area contributed by atoms with Gasteiger partial charge in [-0.25, -0.2) is 4.79 Å². The molecule has 3 amide bonds. The molecule has 192 valence electrons. The lowest BCUT2D eigenvalue weighted by Crippen LogP contribution is -2.56. The highest BCUT2D eigenvalue weighted by atomic mass is 16.5. The van der Waals surface area contributed by atoms with Gasteiger partial charge in [0.2, 0.25) is 5.91 Å². The predicted octanol–water partition coefficient (Wildman–Crippen LogP) is 3.24. The number of ether oxygens (including phenoxy) is 1. The van der Waals surface area contributed by atoms with E-state index in [4.69, 9.17) is 4.74 Å². The Morgan fingerprint density at radius 1 is 1.20 bits per heavy atom. The molecule has 3 N–H and O–H groups in total. The van der Waals surface area contributed by atoms with Crippen LogP contribution in [0.2, 0.25) is 0 Å². The van der Waals surface area contributed by atoms with E-state index in [1.54, 1.807) is 7.11 Å². The maximum Gasteiger partial charge on any atom is 0.315 e. The fourth-order valence-electron chi connectivity index (χ4n) is 5.01. The molecule has 1 aromatic heterocycles. The number of carbonyl (C=O) groups excluding carboxylic acids is 2. The van der Waals surface area contributed by atoms with Gasteiger partial charge >= 0.3 is 6.03 Å². The van der Waals surface area contributed by atoms with Crippen LogP contribution in [0.25, 0.3) is 10.9 Å². The summed E-state index contributed by atoms with van der Waals surface area (Å²) < 4.78 is 7.53. The van der Waals surface area contributed by atoms with Gasteiger partial charge in [-0.05, 0) is 58.1 Å². The van der Waals surface area contributed by atoms with Gasteiger partial charge in [-0.2, -0.15) is 0 Å². The summed E-state index contributed by atoms with van der Waals surface area (Å²) in [4.78, 5) is 28.2. The number of aromatic nitrogens is 1. The second-order valence-corrected chi connectivity index (χ2v) is 11.0. The first-order valence-electron chi connectivity index (χ1n) is 12.9. The number of piperidine rings is 1. The number of nitrogens with one attached hydrogen (secondary N) is 3. The zero-order chi connectivity index (χ0) is 25.0. The van der Waals surface area contributed by atoms with E-state index in [-0.39, 0.29) is 29.4 Å². The van der Waals surface area contributed by atoms with E-state index in [9.17, 15) is 9.59 Å². The lowest BCUT2D eigenvalue weighted by atomic mass is 9.94. The summed E-state index contributed by atoms with van der Waals surface area (Å²) in [5.41, 5.74) is 2.10. The first-order chi connectivity index (χ1) is 16.7. The molecule has 35 heavy (non-hydrogen) atoms. The lowest BCUT2D eigenvalue weighted by molar-refractivity contribution is -0.137. The van der Waals surface area contributed by atoms with Crippen LogP contribution >= 0.6 is 0 Å². The van der Waals surface area contributed by atoms with Crippen molar-refractivity contribution < 1.29 is 14.3 Å².